The van der Waals surface area contributed by atoms with Gasteiger partial charge >= 0.3 is 0 Å². The molecule has 0 radical (unpaired) electrons. The normalized spacial score (nSPS) is 15.0. The Morgan fingerprint density at radius 2 is 1.97 bits per heavy atom. The number of benzene rings is 2. The molecule has 7 nitrogen and oxygen atoms in total. The second kappa shape index (κ2) is 12.3. The van der Waals surface area contributed by atoms with E-state index in [0.717, 1.165) is 29.7 Å². The average molecular weight is 522 g/mol. The monoisotopic (exact) mass is 521 g/mol. The quantitative estimate of drug-likeness (QED) is 0.415. The summed E-state index contributed by atoms with van der Waals surface area (Å²) in [7, 11) is 3.88. The lowest BCUT2D eigenvalue weighted by Gasteiger charge is -2.38. The molecule has 1 N–H and O–H groups in total. The molecule has 0 spiro atoms. The minimum Gasteiger partial charge on any atom is -0.486 e. The van der Waals surface area contributed by atoms with Crippen LogP contribution in [-0.2, 0) is 17.8 Å². The molecule has 8 heteroatoms. The summed E-state index contributed by atoms with van der Waals surface area (Å²) in [4.78, 5) is 29.3. The number of hydrogen-bond donors (Lipinski definition) is 1. The molecule has 2 aromatic carbocycles. The second-order valence-corrected chi connectivity index (χ2v) is 10.4. The van der Waals surface area contributed by atoms with E-state index in [1.165, 1.54) is 12.1 Å². The second-order valence-electron chi connectivity index (χ2n) is 10.4. The lowest BCUT2D eigenvalue weighted by atomic mass is 9.87. The Kier molecular flexibility index (Phi) is 8.84. The number of nitrogens with one attached hydrogen (secondary N) is 1. The fourth-order valence-electron chi connectivity index (χ4n) is 4.67. The molecule has 0 bridgehead atoms. The van der Waals surface area contributed by atoms with Crippen LogP contribution in [-0.4, -0.2) is 55.3 Å². The van der Waals surface area contributed by atoms with E-state index in [1.54, 1.807) is 18.2 Å². The summed E-state index contributed by atoms with van der Waals surface area (Å²) in [6.45, 7) is 6.02. The minimum atomic E-state index is -0.398. The van der Waals surface area contributed by atoms with Gasteiger partial charge in [0, 0.05) is 26.1 Å². The molecule has 2 heterocycles. The Morgan fingerprint density at radius 3 is 2.71 bits per heavy atom. The third-order valence-electron chi connectivity index (χ3n) is 6.52. The lowest BCUT2D eigenvalue weighted by molar-refractivity contribution is -0.134. The SMILES string of the molecule is CC(C)CC(=O)N1CCc2ccc(OCc3ccc(C(=O)NCCN(C)C)o3)cc2C1c1cccc(F)c1. The highest BCUT2D eigenvalue weighted by molar-refractivity contribution is 5.91. The van der Waals surface area contributed by atoms with Crippen molar-refractivity contribution in [2.24, 2.45) is 5.92 Å². The molecule has 38 heavy (non-hydrogen) atoms. The van der Waals surface area contributed by atoms with Crippen LogP contribution >= 0.6 is 0 Å². The average Bonchev–Trinajstić information content (AvgIpc) is 3.35. The van der Waals surface area contributed by atoms with Gasteiger partial charge in [0.05, 0.1) is 6.04 Å². The van der Waals surface area contributed by atoms with Crippen LogP contribution < -0.4 is 10.1 Å². The van der Waals surface area contributed by atoms with Crippen molar-refractivity contribution in [3.63, 3.8) is 0 Å². The zero-order valence-corrected chi connectivity index (χ0v) is 22.5. The summed E-state index contributed by atoms with van der Waals surface area (Å²) in [5.41, 5.74) is 2.77. The van der Waals surface area contributed by atoms with Gasteiger partial charge in [0.15, 0.2) is 5.76 Å². The molecular weight excluding hydrogens is 485 g/mol. The fraction of sp³-hybridized carbons (Fsp3) is 0.400. The van der Waals surface area contributed by atoms with Gasteiger partial charge in [-0.2, -0.15) is 0 Å². The minimum absolute atomic E-state index is 0.0539. The van der Waals surface area contributed by atoms with Crippen molar-refractivity contribution >= 4 is 11.8 Å². The van der Waals surface area contributed by atoms with Gasteiger partial charge in [-0.05, 0) is 79.5 Å². The number of ether oxygens (including phenoxy) is 1. The zero-order valence-electron chi connectivity index (χ0n) is 22.5. The van der Waals surface area contributed by atoms with Crippen LogP contribution in [0.15, 0.2) is 59.0 Å². The highest BCUT2D eigenvalue weighted by atomic mass is 19.1. The van der Waals surface area contributed by atoms with Gasteiger partial charge in [-0.15, -0.1) is 0 Å². The van der Waals surface area contributed by atoms with Gasteiger partial charge in [0.25, 0.3) is 5.91 Å². The Morgan fingerprint density at radius 1 is 1.16 bits per heavy atom. The van der Waals surface area contributed by atoms with Gasteiger partial charge in [0.1, 0.15) is 23.9 Å². The van der Waals surface area contributed by atoms with Gasteiger partial charge < -0.3 is 24.3 Å². The molecule has 202 valence electrons. The maximum atomic E-state index is 14.2. The molecule has 0 saturated carbocycles. The predicted octanol–water partition coefficient (Wildman–Crippen LogP) is 4.81. The van der Waals surface area contributed by atoms with Crippen molar-refractivity contribution in [2.75, 3.05) is 33.7 Å². The number of carbonyl (C=O) groups excluding carboxylic acids is 2. The van der Waals surface area contributed by atoms with Crippen LogP contribution in [0.25, 0.3) is 0 Å². The largest absolute Gasteiger partial charge is 0.486 e. The van der Waals surface area contributed by atoms with Crippen molar-refractivity contribution in [1.82, 2.24) is 15.1 Å². The Balaban J connectivity index is 1.52. The van der Waals surface area contributed by atoms with Gasteiger partial charge in [-0.3, -0.25) is 9.59 Å². The summed E-state index contributed by atoms with van der Waals surface area (Å²) < 4.78 is 25.9. The van der Waals surface area contributed by atoms with Crippen molar-refractivity contribution in [3.8, 4) is 5.75 Å². The predicted molar refractivity (Wildman–Crippen MR) is 143 cm³/mol. The van der Waals surface area contributed by atoms with E-state index >= 15 is 0 Å². The number of halogens is 1. The van der Waals surface area contributed by atoms with E-state index < -0.39 is 6.04 Å². The van der Waals surface area contributed by atoms with Crippen LogP contribution in [0.5, 0.6) is 5.75 Å². The van der Waals surface area contributed by atoms with E-state index in [-0.39, 0.29) is 35.9 Å². The number of fused-ring (bicyclic) bond motifs is 1. The molecule has 1 unspecified atom stereocenters. The number of furan rings is 1. The highest BCUT2D eigenvalue weighted by Gasteiger charge is 2.32. The summed E-state index contributed by atoms with van der Waals surface area (Å²) in [5.74, 6) is 1.04. The van der Waals surface area contributed by atoms with Crippen LogP contribution in [0.4, 0.5) is 4.39 Å². The Labute approximate surface area is 223 Å². The maximum Gasteiger partial charge on any atom is 0.287 e. The third-order valence-corrected chi connectivity index (χ3v) is 6.52. The standard InChI is InChI=1S/C30H36FN3O4/c1-20(2)16-28(35)34-14-12-21-8-9-24(18-26(21)29(34)22-6-5-7-23(31)17-22)37-19-25-10-11-27(38-25)30(36)32-13-15-33(3)4/h5-11,17-18,20,29H,12-16,19H2,1-4H3,(H,32,36). The molecule has 4 rings (SSSR count). The molecule has 2 amide bonds. The van der Waals surface area contributed by atoms with Crippen molar-refractivity contribution in [3.05, 3.63) is 88.6 Å². The number of amides is 2. The first-order chi connectivity index (χ1) is 18.2. The van der Waals surface area contributed by atoms with Gasteiger partial charge in [-0.25, -0.2) is 4.39 Å². The molecule has 3 aromatic rings. The number of hydrogen-bond acceptors (Lipinski definition) is 5. The van der Waals surface area contributed by atoms with Crippen molar-refractivity contribution < 1.29 is 23.1 Å². The topological polar surface area (TPSA) is 75.0 Å². The molecule has 1 aromatic heterocycles. The van der Waals surface area contributed by atoms with E-state index in [9.17, 15) is 14.0 Å². The molecule has 0 aliphatic carbocycles. The van der Waals surface area contributed by atoms with E-state index in [2.05, 4.69) is 5.32 Å². The maximum absolute atomic E-state index is 14.2. The summed E-state index contributed by atoms with van der Waals surface area (Å²) >= 11 is 0. The van der Waals surface area contributed by atoms with Gasteiger partial charge in [0.2, 0.25) is 5.91 Å². The number of likely N-dealkylation sites (N-methyl/N-ethyl adjacent to an activating group) is 1. The van der Waals surface area contributed by atoms with Crippen LogP contribution in [0.1, 0.15) is 59.3 Å². The van der Waals surface area contributed by atoms with Crippen LogP contribution in [0.2, 0.25) is 0 Å². The number of nitrogens with zero attached hydrogens (tertiary/aromatic N) is 2. The third kappa shape index (κ3) is 6.81. The van der Waals surface area contributed by atoms with Crippen molar-refractivity contribution in [1.29, 1.82) is 0 Å². The highest BCUT2D eigenvalue weighted by Crippen LogP contribution is 2.38. The summed E-state index contributed by atoms with van der Waals surface area (Å²) in [5, 5.41) is 2.83. The summed E-state index contributed by atoms with van der Waals surface area (Å²) in [6.07, 6.45) is 1.15. The summed E-state index contributed by atoms with van der Waals surface area (Å²) in [6, 6.07) is 15.2. The molecule has 1 aliphatic rings. The molecule has 0 saturated heterocycles. The Bertz CT molecular complexity index is 1270. The first-order valence-electron chi connectivity index (χ1n) is 13.0. The van der Waals surface area contributed by atoms with E-state index in [4.69, 9.17) is 9.15 Å². The van der Waals surface area contributed by atoms with Gasteiger partial charge in [-0.1, -0.05) is 32.0 Å². The first kappa shape index (κ1) is 27.4. The molecule has 1 aliphatic heterocycles. The van der Waals surface area contributed by atoms with E-state index in [0.29, 0.717) is 31.0 Å². The van der Waals surface area contributed by atoms with Crippen LogP contribution in [0.3, 0.4) is 0 Å². The number of rotatable bonds is 10. The Hall–Kier alpha value is -3.65. The smallest absolute Gasteiger partial charge is 0.287 e. The van der Waals surface area contributed by atoms with Crippen LogP contribution in [0, 0.1) is 11.7 Å². The van der Waals surface area contributed by atoms with E-state index in [1.807, 2.05) is 62.0 Å². The molecular formula is C30H36FN3O4. The zero-order chi connectivity index (χ0) is 27.2. The first-order valence-corrected chi connectivity index (χ1v) is 13.0. The lowest BCUT2D eigenvalue weighted by Crippen LogP contribution is -2.41. The number of carbonyl (C=O) groups is 2. The molecule has 1 atom stereocenters. The fourth-order valence-corrected chi connectivity index (χ4v) is 4.67. The van der Waals surface area contributed by atoms with Crippen molar-refractivity contribution in [2.45, 2.75) is 39.3 Å². The molecule has 0 fully saturated rings.